The minimum atomic E-state index is -1.08. The maximum atomic E-state index is 14.1. The lowest BCUT2D eigenvalue weighted by atomic mass is 9.84. The molecule has 134 valence electrons. The second kappa shape index (κ2) is 7.02. The van der Waals surface area contributed by atoms with Crippen molar-refractivity contribution in [1.29, 1.82) is 0 Å². The minimum absolute atomic E-state index is 0.326. The molecule has 4 rings (SSSR count). The average Bonchev–Trinajstić information content (AvgIpc) is 3.19. The zero-order valence-electron chi connectivity index (χ0n) is 14.6. The first-order chi connectivity index (χ1) is 12.7. The molecule has 0 bridgehead atoms. The predicted octanol–water partition coefficient (Wildman–Crippen LogP) is 3.50. The van der Waals surface area contributed by atoms with Crippen molar-refractivity contribution in [1.82, 2.24) is 14.7 Å². The van der Waals surface area contributed by atoms with Crippen LogP contribution in [0.25, 0.3) is 5.69 Å². The van der Waals surface area contributed by atoms with Gasteiger partial charge in [0.2, 0.25) is 0 Å². The molecule has 0 amide bonds. The minimum Gasteiger partial charge on any atom is -0.385 e. The van der Waals surface area contributed by atoms with Gasteiger partial charge in [0.05, 0.1) is 11.3 Å². The Bertz CT molecular complexity index is 870. The van der Waals surface area contributed by atoms with Crippen molar-refractivity contribution in [3.05, 3.63) is 83.9 Å². The van der Waals surface area contributed by atoms with Crippen LogP contribution in [0, 0.1) is 5.82 Å². The molecule has 1 aliphatic rings. The van der Waals surface area contributed by atoms with E-state index in [1.54, 1.807) is 24.4 Å². The number of piperidine rings is 1. The number of aromatic nitrogens is 2. The van der Waals surface area contributed by atoms with Crippen molar-refractivity contribution in [2.45, 2.75) is 25.0 Å². The number of halogens is 1. The van der Waals surface area contributed by atoms with E-state index in [9.17, 15) is 9.50 Å². The lowest BCUT2D eigenvalue weighted by molar-refractivity contribution is -0.0302. The molecule has 0 saturated carbocycles. The molecule has 0 spiro atoms. The molecule has 1 saturated heterocycles. The zero-order valence-corrected chi connectivity index (χ0v) is 14.6. The molecule has 1 N–H and O–H groups in total. The van der Waals surface area contributed by atoms with Gasteiger partial charge < -0.3 is 5.11 Å². The Hall–Kier alpha value is -2.50. The van der Waals surface area contributed by atoms with E-state index in [-0.39, 0.29) is 5.82 Å². The van der Waals surface area contributed by atoms with Crippen molar-refractivity contribution < 1.29 is 9.50 Å². The topological polar surface area (TPSA) is 41.3 Å². The molecule has 1 aliphatic heterocycles. The van der Waals surface area contributed by atoms with E-state index in [4.69, 9.17) is 0 Å². The van der Waals surface area contributed by atoms with Gasteiger partial charge in [0.15, 0.2) is 0 Å². The standard InChI is InChI=1S/C21H22FN3O/c22-19-8-3-2-7-18(19)21(26)10-14-24(15-11-21)16-17-6-1-4-9-20(17)25-13-5-12-23-25/h1-9,12-13,26H,10-11,14-16H2. The summed E-state index contributed by atoms with van der Waals surface area (Å²) in [5, 5.41) is 15.3. The van der Waals surface area contributed by atoms with Crippen molar-refractivity contribution in [3.8, 4) is 5.69 Å². The van der Waals surface area contributed by atoms with Crippen molar-refractivity contribution in [2.75, 3.05) is 13.1 Å². The molecule has 26 heavy (non-hydrogen) atoms. The number of benzene rings is 2. The van der Waals surface area contributed by atoms with E-state index < -0.39 is 5.60 Å². The highest BCUT2D eigenvalue weighted by molar-refractivity contribution is 5.40. The van der Waals surface area contributed by atoms with E-state index >= 15 is 0 Å². The summed E-state index contributed by atoms with van der Waals surface area (Å²) in [4.78, 5) is 2.30. The third-order valence-electron chi connectivity index (χ3n) is 5.20. The van der Waals surface area contributed by atoms with E-state index in [0.717, 1.165) is 25.3 Å². The Labute approximate surface area is 152 Å². The third-order valence-corrected chi connectivity index (χ3v) is 5.20. The van der Waals surface area contributed by atoms with Gasteiger partial charge in [0, 0.05) is 37.6 Å². The Kier molecular flexibility index (Phi) is 4.57. The smallest absolute Gasteiger partial charge is 0.129 e. The molecule has 0 unspecified atom stereocenters. The van der Waals surface area contributed by atoms with Gasteiger partial charge in [-0.15, -0.1) is 0 Å². The highest BCUT2D eigenvalue weighted by atomic mass is 19.1. The maximum Gasteiger partial charge on any atom is 0.129 e. The summed E-state index contributed by atoms with van der Waals surface area (Å²) in [6, 6.07) is 16.7. The first kappa shape index (κ1) is 16.9. The van der Waals surface area contributed by atoms with Gasteiger partial charge in [-0.3, -0.25) is 4.90 Å². The van der Waals surface area contributed by atoms with Crippen LogP contribution in [0.1, 0.15) is 24.0 Å². The largest absolute Gasteiger partial charge is 0.385 e. The van der Waals surface area contributed by atoms with Crippen LogP contribution in [0.2, 0.25) is 0 Å². The van der Waals surface area contributed by atoms with Gasteiger partial charge in [0.1, 0.15) is 5.82 Å². The van der Waals surface area contributed by atoms with Crippen LogP contribution in [0.4, 0.5) is 4.39 Å². The summed E-state index contributed by atoms with van der Waals surface area (Å²) in [5.41, 5.74) is 1.58. The predicted molar refractivity (Wildman–Crippen MR) is 98.4 cm³/mol. The normalized spacial score (nSPS) is 17.3. The number of hydrogen-bond acceptors (Lipinski definition) is 3. The number of nitrogens with zero attached hydrogens (tertiary/aromatic N) is 3. The van der Waals surface area contributed by atoms with E-state index in [2.05, 4.69) is 22.1 Å². The summed E-state index contributed by atoms with van der Waals surface area (Å²) in [5.74, 6) is -0.326. The molecule has 2 heterocycles. The number of hydrogen-bond donors (Lipinski definition) is 1. The van der Waals surface area contributed by atoms with E-state index in [0.29, 0.717) is 18.4 Å². The number of likely N-dealkylation sites (tertiary alicyclic amines) is 1. The molecule has 2 aromatic carbocycles. The van der Waals surface area contributed by atoms with Crippen molar-refractivity contribution in [3.63, 3.8) is 0 Å². The molecule has 5 heteroatoms. The molecule has 3 aromatic rings. The second-order valence-corrected chi connectivity index (χ2v) is 6.87. The molecule has 1 fully saturated rings. The summed E-state index contributed by atoms with van der Waals surface area (Å²) in [6.45, 7) is 2.22. The summed E-state index contributed by atoms with van der Waals surface area (Å²) in [7, 11) is 0. The van der Waals surface area contributed by atoms with Crippen LogP contribution >= 0.6 is 0 Å². The Morgan fingerprint density at radius 3 is 2.46 bits per heavy atom. The lowest BCUT2D eigenvalue weighted by Gasteiger charge is -2.38. The van der Waals surface area contributed by atoms with Crippen LogP contribution in [-0.2, 0) is 12.1 Å². The van der Waals surface area contributed by atoms with Gasteiger partial charge in [-0.25, -0.2) is 9.07 Å². The molecule has 0 aliphatic carbocycles. The van der Waals surface area contributed by atoms with Crippen LogP contribution < -0.4 is 0 Å². The number of rotatable bonds is 4. The van der Waals surface area contributed by atoms with E-state index in [1.807, 2.05) is 29.1 Å². The number of aliphatic hydroxyl groups is 1. The molecule has 0 radical (unpaired) electrons. The Balaban J connectivity index is 1.48. The van der Waals surface area contributed by atoms with Crippen LogP contribution in [0.3, 0.4) is 0 Å². The van der Waals surface area contributed by atoms with E-state index in [1.165, 1.54) is 11.6 Å². The highest BCUT2D eigenvalue weighted by Crippen LogP contribution is 2.34. The van der Waals surface area contributed by atoms with Crippen LogP contribution in [0.15, 0.2) is 67.0 Å². The Morgan fingerprint density at radius 1 is 1.00 bits per heavy atom. The average molecular weight is 351 g/mol. The molecule has 4 nitrogen and oxygen atoms in total. The van der Waals surface area contributed by atoms with Crippen molar-refractivity contribution in [2.24, 2.45) is 0 Å². The fourth-order valence-electron chi connectivity index (χ4n) is 3.71. The van der Waals surface area contributed by atoms with Crippen LogP contribution in [-0.4, -0.2) is 32.9 Å². The Morgan fingerprint density at radius 2 is 1.73 bits per heavy atom. The first-order valence-electron chi connectivity index (χ1n) is 8.93. The van der Waals surface area contributed by atoms with Gasteiger partial charge in [-0.05, 0) is 36.6 Å². The number of para-hydroxylation sites is 1. The highest BCUT2D eigenvalue weighted by Gasteiger charge is 2.35. The molecular formula is C21H22FN3O. The molecular weight excluding hydrogens is 329 g/mol. The van der Waals surface area contributed by atoms with Crippen LogP contribution in [0.5, 0.6) is 0 Å². The third kappa shape index (κ3) is 3.28. The van der Waals surface area contributed by atoms with Gasteiger partial charge in [-0.1, -0.05) is 36.4 Å². The zero-order chi connectivity index (χ0) is 18.0. The SMILES string of the molecule is OC1(c2ccccc2F)CCN(Cc2ccccc2-n2cccn2)CC1. The van der Waals surface area contributed by atoms with Gasteiger partial charge in [-0.2, -0.15) is 5.10 Å². The monoisotopic (exact) mass is 351 g/mol. The second-order valence-electron chi connectivity index (χ2n) is 6.87. The summed E-state index contributed by atoms with van der Waals surface area (Å²) >= 11 is 0. The fourth-order valence-corrected chi connectivity index (χ4v) is 3.71. The lowest BCUT2D eigenvalue weighted by Crippen LogP contribution is -2.42. The maximum absolute atomic E-state index is 14.1. The quantitative estimate of drug-likeness (QED) is 0.782. The molecule has 0 atom stereocenters. The van der Waals surface area contributed by atoms with Gasteiger partial charge >= 0.3 is 0 Å². The summed E-state index contributed by atoms with van der Waals surface area (Å²) < 4.78 is 16.0. The van der Waals surface area contributed by atoms with Gasteiger partial charge in [0.25, 0.3) is 0 Å². The summed E-state index contributed by atoms with van der Waals surface area (Å²) in [6.07, 6.45) is 4.76. The fraction of sp³-hybridized carbons (Fsp3) is 0.286. The first-order valence-corrected chi connectivity index (χ1v) is 8.93. The van der Waals surface area contributed by atoms with Crippen molar-refractivity contribution >= 4 is 0 Å². The molecule has 1 aromatic heterocycles.